The Bertz CT molecular complexity index is 810. The van der Waals surface area contributed by atoms with E-state index in [0.717, 1.165) is 0 Å². The monoisotopic (exact) mass is 328 g/mol. The van der Waals surface area contributed by atoms with Crippen molar-refractivity contribution in [1.82, 2.24) is 14.9 Å². The molecule has 2 aromatic rings. The van der Waals surface area contributed by atoms with E-state index in [4.69, 9.17) is 5.73 Å². The molecule has 0 radical (unpaired) electrons. The van der Waals surface area contributed by atoms with Crippen molar-refractivity contribution in [3.05, 3.63) is 56.5 Å². The lowest BCUT2D eigenvalue weighted by atomic mass is 10.1. The molecule has 0 bridgehead atoms. The van der Waals surface area contributed by atoms with Gasteiger partial charge in [-0.25, -0.2) is 22.5 Å². The predicted molar refractivity (Wildman–Crippen MR) is 73.4 cm³/mol. The summed E-state index contributed by atoms with van der Waals surface area (Å²) in [6.45, 7) is 0.00443. The number of nitrogens with two attached hydrogens (primary N) is 1. The van der Waals surface area contributed by atoms with Crippen molar-refractivity contribution in [3.8, 4) is 0 Å². The molecular formula is C14H12F4N4O. The van der Waals surface area contributed by atoms with Crippen molar-refractivity contribution in [2.75, 3.05) is 12.3 Å². The highest BCUT2D eigenvalue weighted by molar-refractivity contribution is 5.28. The second kappa shape index (κ2) is 5.65. The molecule has 0 aliphatic carbocycles. The molecule has 1 aromatic carbocycles. The Hall–Kier alpha value is -2.42. The zero-order valence-electron chi connectivity index (χ0n) is 11.8. The number of fused-ring (bicyclic) bond motifs is 1. The van der Waals surface area contributed by atoms with Crippen LogP contribution >= 0.6 is 0 Å². The summed E-state index contributed by atoms with van der Waals surface area (Å²) in [5.41, 5.74) is 5.14. The molecule has 5 nitrogen and oxygen atoms in total. The van der Waals surface area contributed by atoms with Crippen molar-refractivity contribution in [1.29, 1.82) is 0 Å². The van der Waals surface area contributed by atoms with E-state index < -0.39 is 34.4 Å². The quantitative estimate of drug-likeness (QED) is 0.647. The van der Waals surface area contributed by atoms with E-state index in [2.05, 4.69) is 9.97 Å². The van der Waals surface area contributed by atoms with Crippen LogP contribution in [0.1, 0.15) is 16.8 Å². The molecule has 1 aliphatic heterocycles. The third kappa shape index (κ3) is 2.79. The lowest BCUT2D eigenvalue weighted by molar-refractivity contribution is 0.232. The lowest BCUT2D eigenvalue weighted by Gasteiger charge is -2.27. The fraction of sp³-hybridized carbons (Fsp3) is 0.286. The molecule has 0 atom stereocenters. The molecule has 0 fully saturated rings. The molecule has 2 heterocycles. The van der Waals surface area contributed by atoms with E-state index in [-0.39, 0.29) is 25.1 Å². The van der Waals surface area contributed by atoms with Gasteiger partial charge < -0.3 is 5.73 Å². The summed E-state index contributed by atoms with van der Waals surface area (Å²) >= 11 is 0. The van der Waals surface area contributed by atoms with Crippen LogP contribution in [0.5, 0.6) is 0 Å². The van der Waals surface area contributed by atoms with Crippen molar-refractivity contribution >= 4 is 5.95 Å². The summed E-state index contributed by atoms with van der Waals surface area (Å²) in [7, 11) is 0. The topological polar surface area (TPSA) is 75.0 Å². The highest BCUT2D eigenvalue weighted by atomic mass is 19.2. The maximum Gasteiger partial charge on any atom is 0.257 e. The van der Waals surface area contributed by atoms with Gasteiger partial charge in [0.15, 0.2) is 23.3 Å². The maximum absolute atomic E-state index is 13.7. The molecule has 9 heteroatoms. The number of H-pyrrole nitrogens is 1. The number of rotatable bonds is 2. The molecule has 0 spiro atoms. The zero-order valence-corrected chi connectivity index (χ0v) is 11.8. The number of hydrogen-bond donors (Lipinski definition) is 2. The van der Waals surface area contributed by atoms with Crippen LogP contribution < -0.4 is 11.3 Å². The fourth-order valence-corrected chi connectivity index (χ4v) is 2.62. The number of halogens is 4. The first-order valence-corrected chi connectivity index (χ1v) is 6.78. The van der Waals surface area contributed by atoms with Gasteiger partial charge in [-0.3, -0.25) is 14.7 Å². The summed E-state index contributed by atoms with van der Waals surface area (Å²) in [4.78, 5) is 19.7. The van der Waals surface area contributed by atoms with Crippen LogP contribution in [0.25, 0.3) is 0 Å². The van der Waals surface area contributed by atoms with Gasteiger partial charge in [0, 0.05) is 37.7 Å². The number of nitrogen functional groups attached to an aromatic ring is 1. The number of aromatic amines is 1. The number of nitrogens with zero attached hydrogens (tertiary/aromatic N) is 2. The maximum atomic E-state index is 13.7. The molecule has 0 saturated heterocycles. The standard InChI is InChI=1S/C14H12F4N4O/c15-8-3-9(16)12(18)7(11(8)17)5-22-2-1-10-6(4-22)13(23)21-14(19)20-10/h3H,1-2,4-5H2,(H3,19,20,21,23). The third-order valence-corrected chi connectivity index (χ3v) is 3.75. The molecule has 3 N–H and O–H groups in total. The van der Waals surface area contributed by atoms with E-state index in [0.29, 0.717) is 24.2 Å². The van der Waals surface area contributed by atoms with Gasteiger partial charge in [0.25, 0.3) is 5.56 Å². The highest BCUT2D eigenvalue weighted by Crippen LogP contribution is 2.23. The van der Waals surface area contributed by atoms with Gasteiger partial charge in [-0.05, 0) is 0 Å². The highest BCUT2D eigenvalue weighted by Gasteiger charge is 2.25. The van der Waals surface area contributed by atoms with E-state index in [1.165, 1.54) is 4.90 Å². The number of aromatic nitrogens is 2. The SMILES string of the molecule is Nc1nc2c(c(=O)[nH]1)CN(Cc1c(F)c(F)cc(F)c1F)CC2. The van der Waals surface area contributed by atoms with Gasteiger partial charge in [0.2, 0.25) is 5.95 Å². The van der Waals surface area contributed by atoms with Gasteiger partial charge in [0.1, 0.15) is 0 Å². The summed E-state index contributed by atoms with van der Waals surface area (Å²) in [5, 5.41) is 0. The van der Waals surface area contributed by atoms with Gasteiger partial charge in [-0.15, -0.1) is 0 Å². The first-order valence-electron chi connectivity index (χ1n) is 6.78. The summed E-state index contributed by atoms with van der Waals surface area (Å²) in [5.74, 6) is -5.78. The summed E-state index contributed by atoms with van der Waals surface area (Å²) in [6.07, 6.45) is 0.338. The van der Waals surface area contributed by atoms with E-state index in [1.807, 2.05) is 0 Å². The minimum Gasteiger partial charge on any atom is -0.369 e. The van der Waals surface area contributed by atoms with E-state index in [1.54, 1.807) is 0 Å². The first kappa shape index (κ1) is 15.5. The molecule has 0 amide bonds. The number of anilines is 1. The van der Waals surface area contributed by atoms with Crippen LogP contribution in [0, 0.1) is 23.3 Å². The van der Waals surface area contributed by atoms with Crippen molar-refractivity contribution in [2.45, 2.75) is 19.5 Å². The Morgan fingerprint density at radius 1 is 1.22 bits per heavy atom. The molecule has 1 aromatic heterocycles. The molecule has 0 unspecified atom stereocenters. The second-order valence-corrected chi connectivity index (χ2v) is 5.28. The van der Waals surface area contributed by atoms with Gasteiger partial charge in [-0.2, -0.15) is 0 Å². The van der Waals surface area contributed by atoms with E-state index in [9.17, 15) is 22.4 Å². The van der Waals surface area contributed by atoms with Gasteiger partial charge >= 0.3 is 0 Å². The minimum absolute atomic E-state index is 0.00788. The average Bonchev–Trinajstić information content (AvgIpc) is 2.50. The Labute approximate surface area is 127 Å². The molecule has 0 saturated carbocycles. The van der Waals surface area contributed by atoms with E-state index >= 15 is 0 Å². The van der Waals surface area contributed by atoms with Crippen LogP contribution in [0.2, 0.25) is 0 Å². The van der Waals surface area contributed by atoms with Crippen LogP contribution in [-0.2, 0) is 19.5 Å². The van der Waals surface area contributed by atoms with Crippen LogP contribution in [0.3, 0.4) is 0 Å². The minimum atomic E-state index is -1.46. The summed E-state index contributed by atoms with van der Waals surface area (Å²) in [6, 6.07) is 0.164. The van der Waals surface area contributed by atoms with Crippen LogP contribution in [0.4, 0.5) is 23.5 Å². The van der Waals surface area contributed by atoms with Gasteiger partial charge in [0.05, 0.1) is 11.3 Å². The third-order valence-electron chi connectivity index (χ3n) is 3.75. The van der Waals surface area contributed by atoms with Crippen LogP contribution in [-0.4, -0.2) is 21.4 Å². The lowest BCUT2D eigenvalue weighted by Crippen LogP contribution is -2.36. The largest absolute Gasteiger partial charge is 0.369 e. The Balaban J connectivity index is 1.90. The van der Waals surface area contributed by atoms with Gasteiger partial charge in [-0.1, -0.05) is 0 Å². The molecule has 122 valence electrons. The molecular weight excluding hydrogens is 316 g/mol. The summed E-state index contributed by atoms with van der Waals surface area (Å²) < 4.78 is 53.9. The first-order chi connectivity index (χ1) is 10.9. The number of hydrogen-bond acceptors (Lipinski definition) is 4. The molecule has 3 rings (SSSR count). The Morgan fingerprint density at radius 3 is 2.52 bits per heavy atom. The molecule has 1 aliphatic rings. The van der Waals surface area contributed by atoms with Crippen molar-refractivity contribution in [2.24, 2.45) is 0 Å². The van der Waals surface area contributed by atoms with Crippen LogP contribution in [0.15, 0.2) is 10.9 Å². The normalized spacial score (nSPS) is 14.8. The smallest absolute Gasteiger partial charge is 0.257 e. The molecule has 23 heavy (non-hydrogen) atoms. The Morgan fingerprint density at radius 2 is 1.87 bits per heavy atom. The Kier molecular flexibility index (Phi) is 3.80. The number of nitrogens with one attached hydrogen (secondary N) is 1. The van der Waals surface area contributed by atoms with Crippen molar-refractivity contribution < 1.29 is 17.6 Å². The zero-order chi connectivity index (χ0) is 16.7. The average molecular weight is 328 g/mol. The number of benzene rings is 1. The predicted octanol–water partition coefficient (Wildman–Crippen LogP) is 1.47. The second-order valence-electron chi connectivity index (χ2n) is 5.28. The van der Waals surface area contributed by atoms with Crippen molar-refractivity contribution in [3.63, 3.8) is 0 Å². The fourth-order valence-electron chi connectivity index (χ4n) is 2.62.